The number of rotatable bonds is 18. The molecule has 2 fully saturated rings. The van der Waals surface area contributed by atoms with Crippen molar-refractivity contribution < 1.29 is 28.5 Å². The fourth-order valence-corrected chi connectivity index (χ4v) is 4.39. The Morgan fingerprint density at radius 2 is 1.36 bits per heavy atom. The summed E-state index contributed by atoms with van der Waals surface area (Å²) in [4.78, 5) is 32.6. The zero-order chi connectivity index (χ0) is 26.0. The van der Waals surface area contributed by atoms with Gasteiger partial charge >= 0.3 is 0 Å². The van der Waals surface area contributed by atoms with Gasteiger partial charge in [-0.25, -0.2) is 0 Å². The highest BCUT2D eigenvalue weighted by Gasteiger charge is 2.21. The maximum absolute atomic E-state index is 12.5. The van der Waals surface area contributed by atoms with Gasteiger partial charge < -0.3 is 34.1 Å². The van der Waals surface area contributed by atoms with Crippen molar-refractivity contribution in [2.24, 2.45) is 5.92 Å². The van der Waals surface area contributed by atoms with Crippen molar-refractivity contribution in [3.63, 3.8) is 0 Å². The first kappa shape index (κ1) is 30.9. The number of likely N-dealkylation sites (N-methyl/N-ethyl adjacent to an activating group) is 1. The fourth-order valence-electron chi connectivity index (χ4n) is 4.39. The summed E-state index contributed by atoms with van der Waals surface area (Å²) in [6.07, 6.45) is 2.77. The fraction of sp³-hybridized carbons (Fsp3) is 0.920. The number of hydrogen-bond donors (Lipinski definition) is 1. The van der Waals surface area contributed by atoms with Crippen molar-refractivity contribution in [1.29, 1.82) is 0 Å². The van der Waals surface area contributed by atoms with Crippen LogP contribution in [0.4, 0.5) is 0 Å². The van der Waals surface area contributed by atoms with Crippen LogP contribution in [0.25, 0.3) is 0 Å². The normalized spacial score (nSPS) is 18.4. The average Bonchev–Trinajstić information content (AvgIpc) is 2.89. The summed E-state index contributed by atoms with van der Waals surface area (Å²) < 4.78 is 21.8. The summed E-state index contributed by atoms with van der Waals surface area (Å²) in [5.74, 6) is 0.710. The van der Waals surface area contributed by atoms with E-state index in [2.05, 4.69) is 20.0 Å². The van der Waals surface area contributed by atoms with E-state index in [-0.39, 0.29) is 18.5 Å². The first-order valence-electron chi connectivity index (χ1n) is 13.4. The molecule has 0 atom stereocenters. The van der Waals surface area contributed by atoms with Crippen LogP contribution in [-0.4, -0.2) is 158 Å². The number of methoxy groups -OCH3 is 1. The Bertz CT molecular complexity index is 597. The number of carbonyl (C=O) groups is 2. The summed E-state index contributed by atoms with van der Waals surface area (Å²) in [7, 11) is 5.15. The molecule has 36 heavy (non-hydrogen) atoms. The number of ether oxygens (including phenoxy) is 4. The molecule has 11 heteroatoms. The van der Waals surface area contributed by atoms with Crippen molar-refractivity contribution in [2.75, 3.05) is 126 Å². The highest BCUT2D eigenvalue weighted by atomic mass is 16.5. The third-order valence-electron chi connectivity index (χ3n) is 6.90. The van der Waals surface area contributed by atoms with E-state index in [9.17, 15) is 9.59 Å². The zero-order valence-electron chi connectivity index (χ0n) is 22.8. The number of piperazine rings is 1. The van der Waals surface area contributed by atoms with Gasteiger partial charge in [-0.05, 0) is 31.8 Å². The summed E-state index contributed by atoms with van der Waals surface area (Å²) in [5, 5.41) is 2.71. The van der Waals surface area contributed by atoms with Crippen molar-refractivity contribution in [3.8, 4) is 0 Å². The molecular weight excluding hydrogens is 466 g/mol. The highest BCUT2D eigenvalue weighted by molar-refractivity contribution is 5.77. The molecule has 0 radical (unpaired) electrons. The second kappa shape index (κ2) is 18.8. The molecule has 11 nitrogen and oxygen atoms in total. The van der Waals surface area contributed by atoms with Gasteiger partial charge in [0.1, 0.15) is 6.73 Å². The molecule has 2 saturated heterocycles. The predicted molar refractivity (Wildman–Crippen MR) is 138 cm³/mol. The lowest BCUT2D eigenvalue weighted by Gasteiger charge is -2.34. The van der Waals surface area contributed by atoms with E-state index in [0.29, 0.717) is 58.5 Å². The Hall–Kier alpha value is -1.34. The van der Waals surface area contributed by atoms with E-state index in [1.54, 1.807) is 26.1 Å². The minimum atomic E-state index is 0.0760. The number of amides is 2. The van der Waals surface area contributed by atoms with Crippen LogP contribution in [0.5, 0.6) is 0 Å². The zero-order valence-corrected chi connectivity index (χ0v) is 22.8. The topological polar surface area (TPSA) is 96.1 Å². The van der Waals surface area contributed by atoms with Crippen molar-refractivity contribution in [1.82, 2.24) is 24.9 Å². The quantitative estimate of drug-likeness (QED) is 0.193. The number of carbonyl (C=O) groups excluding carboxylic acids is 2. The minimum absolute atomic E-state index is 0.0760. The van der Waals surface area contributed by atoms with E-state index in [1.807, 2.05) is 0 Å². The lowest BCUT2D eigenvalue weighted by molar-refractivity contribution is -0.137. The van der Waals surface area contributed by atoms with E-state index < -0.39 is 0 Å². The number of likely N-dealkylation sites (tertiary alicyclic amines) is 1. The molecule has 210 valence electrons. The van der Waals surface area contributed by atoms with Crippen LogP contribution in [0, 0.1) is 5.92 Å². The van der Waals surface area contributed by atoms with Gasteiger partial charge in [0.25, 0.3) is 0 Å². The molecular formula is C25H49N5O6. The average molecular weight is 516 g/mol. The largest absolute Gasteiger partial charge is 0.382 e. The van der Waals surface area contributed by atoms with E-state index in [0.717, 1.165) is 65.2 Å². The molecule has 2 heterocycles. The molecule has 0 unspecified atom stereocenters. The molecule has 0 saturated carbocycles. The third kappa shape index (κ3) is 13.3. The number of hydrogen-bond acceptors (Lipinski definition) is 9. The Morgan fingerprint density at radius 3 is 1.97 bits per heavy atom. The van der Waals surface area contributed by atoms with Gasteiger partial charge in [0, 0.05) is 66.9 Å². The lowest BCUT2D eigenvalue weighted by Crippen LogP contribution is -2.50. The van der Waals surface area contributed by atoms with Gasteiger partial charge in [-0.2, -0.15) is 0 Å². The van der Waals surface area contributed by atoms with Crippen molar-refractivity contribution >= 4 is 11.8 Å². The molecule has 2 rings (SSSR count). The highest BCUT2D eigenvalue weighted by Crippen LogP contribution is 2.20. The van der Waals surface area contributed by atoms with Gasteiger partial charge in [-0.1, -0.05) is 0 Å². The van der Waals surface area contributed by atoms with Crippen LogP contribution < -0.4 is 5.32 Å². The van der Waals surface area contributed by atoms with Gasteiger partial charge in [0.05, 0.1) is 46.2 Å². The van der Waals surface area contributed by atoms with Crippen LogP contribution >= 0.6 is 0 Å². The molecule has 2 amide bonds. The SMILES string of the molecule is CNC(=O)CC1CCN(CCOCCOCN(C)C(=O)CN2CCN(CCOCCOC)CC2)CC1. The van der Waals surface area contributed by atoms with Crippen molar-refractivity contribution in [3.05, 3.63) is 0 Å². The Labute approximate surface area is 217 Å². The molecule has 0 aromatic rings. The number of nitrogens with zero attached hydrogens (tertiary/aromatic N) is 4. The lowest BCUT2D eigenvalue weighted by atomic mass is 9.93. The van der Waals surface area contributed by atoms with Crippen LogP contribution in [0.2, 0.25) is 0 Å². The standard InChI is InChI=1S/C25H49N5O6/c1-26-24(31)20-23-4-6-28(7-5-23)12-14-35-18-19-36-22-27(2)25(32)21-30-10-8-29(9-11-30)13-15-34-17-16-33-3/h23H,4-22H2,1-3H3,(H,26,31). The number of piperidine rings is 1. The van der Waals surface area contributed by atoms with Crippen LogP contribution in [-0.2, 0) is 28.5 Å². The smallest absolute Gasteiger partial charge is 0.238 e. The predicted octanol–water partition coefficient (Wildman–Crippen LogP) is -0.436. The van der Waals surface area contributed by atoms with Crippen LogP contribution in [0.3, 0.4) is 0 Å². The third-order valence-corrected chi connectivity index (χ3v) is 6.90. The molecule has 0 bridgehead atoms. The summed E-state index contributed by atoms with van der Waals surface area (Å²) in [6, 6.07) is 0. The maximum atomic E-state index is 12.5. The maximum Gasteiger partial charge on any atom is 0.238 e. The monoisotopic (exact) mass is 515 g/mol. The van der Waals surface area contributed by atoms with Crippen LogP contribution in [0.1, 0.15) is 19.3 Å². The van der Waals surface area contributed by atoms with Gasteiger partial charge in [-0.3, -0.25) is 19.4 Å². The Balaban J connectivity index is 1.42. The first-order chi connectivity index (χ1) is 17.5. The van der Waals surface area contributed by atoms with Gasteiger partial charge in [0.2, 0.25) is 11.8 Å². The summed E-state index contributed by atoms with van der Waals surface area (Å²) in [6.45, 7) is 11.9. The van der Waals surface area contributed by atoms with E-state index in [1.165, 1.54) is 0 Å². The minimum Gasteiger partial charge on any atom is -0.382 e. The second-order valence-corrected chi connectivity index (χ2v) is 9.63. The summed E-state index contributed by atoms with van der Waals surface area (Å²) in [5.41, 5.74) is 0. The molecule has 1 N–H and O–H groups in total. The van der Waals surface area contributed by atoms with E-state index in [4.69, 9.17) is 18.9 Å². The Kier molecular flexibility index (Phi) is 16.2. The molecule has 0 aromatic heterocycles. The number of nitrogens with one attached hydrogen (secondary N) is 1. The van der Waals surface area contributed by atoms with E-state index >= 15 is 0 Å². The van der Waals surface area contributed by atoms with Crippen LogP contribution in [0.15, 0.2) is 0 Å². The molecule has 0 aromatic carbocycles. The molecule has 2 aliphatic heterocycles. The molecule has 0 aliphatic carbocycles. The molecule has 0 spiro atoms. The Morgan fingerprint density at radius 1 is 0.806 bits per heavy atom. The van der Waals surface area contributed by atoms with Gasteiger partial charge in [0.15, 0.2) is 0 Å². The van der Waals surface area contributed by atoms with Crippen molar-refractivity contribution in [2.45, 2.75) is 19.3 Å². The first-order valence-corrected chi connectivity index (χ1v) is 13.4. The second-order valence-electron chi connectivity index (χ2n) is 9.63. The van der Waals surface area contributed by atoms with Gasteiger partial charge in [-0.15, -0.1) is 0 Å². The summed E-state index contributed by atoms with van der Waals surface area (Å²) >= 11 is 0. The molecule has 2 aliphatic rings.